The third-order valence-corrected chi connectivity index (χ3v) is 7.74. The summed E-state index contributed by atoms with van der Waals surface area (Å²) in [5.74, 6) is -0.215. The van der Waals surface area contributed by atoms with Gasteiger partial charge in [0.2, 0.25) is 10.0 Å². The molecule has 0 saturated carbocycles. The van der Waals surface area contributed by atoms with Gasteiger partial charge in [0, 0.05) is 23.8 Å². The third kappa shape index (κ3) is 4.93. The van der Waals surface area contributed by atoms with Crippen molar-refractivity contribution in [2.45, 2.75) is 69.7 Å². The van der Waals surface area contributed by atoms with Crippen molar-refractivity contribution in [1.29, 1.82) is 0 Å². The number of hydrogen-bond acceptors (Lipinski definition) is 3. The Morgan fingerprint density at radius 3 is 2.23 bits per heavy atom. The highest BCUT2D eigenvalue weighted by Gasteiger charge is 2.32. The minimum absolute atomic E-state index is 0.0292. The van der Waals surface area contributed by atoms with Crippen LogP contribution in [-0.4, -0.2) is 31.2 Å². The van der Waals surface area contributed by atoms with E-state index in [-0.39, 0.29) is 22.3 Å². The van der Waals surface area contributed by atoms with E-state index in [0.717, 1.165) is 31.2 Å². The van der Waals surface area contributed by atoms with Crippen LogP contribution in [0.25, 0.3) is 0 Å². The highest BCUT2D eigenvalue weighted by molar-refractivity contribution is 7.89. The smallest absolute Gasteiger partial charge is 0.255 e. The summed E-state index contributed by atoms with van der Waals surface area (Å²) in [5, 5.41) is 2.85. The van der Waals surface area contributed by atoms with Gasteiger partial charge in [-0.3, -0.25) is 4.79 Å². The summed E-state index contributed by atoms with van der Waals surface area (Å²) in [6, 6.07) is 14.1. The summed E-state index contributed by atoms with van der Waals surface area (Å²) in [7, 11) is -3.52. The molecule has 0 aromatic heterocycles. The van der Waals surface area contributed by atoms with Crippen molar-refractivity contribution in [2.24, 2.45) is 0 Å². The van der Waals surface area contributed by atoms with Crippen LogP contribution >= 0.6 is 0 Å². The van der Waals surface area contributed by atoms with Crippen molar-refractivity contribution in [3.63, 3.8) is 0 Å². The average molecular weight is 429 g/mol. The third-order valence-electron chi connectivity index (χ3n) is 5.78. The number of anilines is 1. The van der Waals surface area contributed by atoms with E-state index in [0.29, 0.717) is 17.8 Å². The number of nitrogens with zero attached hydrogens (tertiary/aromatic N) is 1. The highest BCUT2D eigenvalue weighted by Crippen LogP contribution is 2.28. The van der Waals surface area contributed by atoms with Gasteiger partial charge in [-0.15, -0.1) is 0 Å². The van der Waals surface area contributed by atoms with E-state index in [4.69, 9.17) is 0 Å². The summed E-state index contributed by atoms with van der Waals surface area (Å²) in [6.07, 6.45) is 3.71. The van der Waals surface area contributed by atoms with Gasteiger partial charge in [-0.25, -0.2) is 8.42 Å². The lowest BCUT2D eigenvalue weighted by molar-refractivity contribution is 0.102. The summed E-state index contributed by atoms with van der Waals surface area (Å²) in [4.78, 5) is 12.8. The number of nitrogens with one attached hydrogen (secondary N) is 1. The molecule has 6 heteroatoms. The molecule has 1 atom stereocenters. The van der Waals surface area contributed by atoms with E-state index >= 15 is 0 Å². The molecule has 2 aromatic rings. The first-order valence-corrected chi connectivity index (χ1v) is 12.1. The lowest BCUT2D eigenvalue weighted by Gasteiger charge is -2.34. The van der Waals surface area contributed by atoms with Crippen LogP contribution in [0.1, 0.15) is 69.3 Å². The van der Waals surface area contributed by atoms with Gasteiger partial charge in [-0.05, 0) is 66.6 Å². The number of sulfonamides is 1. The maximum atomic E-state index is 13.1. The molecule has 3 rings (SSSR count). The molecule has 1 aliphatic heterocycles. The molecule has 0 aliphatic carbocycles. The van der Waals surface area contributed by atoms with Crippen LogP contribution in [-0.2, 0) is 15.4 Å². The van der Waals surface area contributed by atoms with E-state index in [1.165, 1.54) is 0 Å². The van der Waals surface area contributed by atoms with Crippen LogP contribution in [0.3, 0.4) is 0 Å². The molecule has 2 aromatic carbocycles. The molecule has 1 heterocycles. The van der Waals surface area contributed by atoms with E-state index in [2.05, 4.69) is 26.1 Å². The fourth-order valence-electron chi connectivity index (χ4n) is 3.87. The van der Waals surface area contributed by atoms with E-state index in [1.54, 1.807) is 28.6 Å². The first kappa shape index (κ1) is 22.5. The van der Waals surface area contributed by atoms with Crippen molar-refractivity contribution in [3.05, 3.63) is 59.7 Å². The summed E-state index contributed by atoms with van der Waals surface area (Å²) in [5.41, 5.74) is 2.33. The van der Waals surface area contributed by atoms with E-state index in [9.17, 15) is 13.2 Å². The molecule has 1 fully saturated rings. The second-order valence-electron chi connectivity index (χ2n) is 8.98. The fourth-order valence-corrected chi connectivity index (χ4v) is 5.64. The molecule has 30 heavy (non-hydrogen) atoms. The van der Waals surface area contributed by atoms with Gasteiger partial charge in [-0.2, -0.15) is 4.31 Å². The van der Waals surface area contributed by atoms with E-state index < -0.39 is 10.0 Å². The fraction of sp³-hybridized carbons (Fsp3) is 0.458. The molecule has 5 nitrogen and oxygen atoms in total. The number of amides is 1. The molecule has 1 N–H and O–H groups in total. The number of carbonyl (C=O) groups excluding carboxylic acids is 1. The van der Waals surface area contributed by atoms with Crippen LogP contribution in [0.4, 0.5) is 5.69 Å². The molecule has 1 unspecified atom stereocenters. The molecule has 1 amide bonds. The highest BCUT2D eigenvalue weighted by atomic mass is 32.2. The number of rotatable bonds is 5. The number of carbonyl (C=O) groups is 1. The number of hydrogen-bond donors (Lipinski definition) is 1. The Morgan fingerprint density at radius 2 is 1.67 bits per heavy atom. The van der Waals surface area contributed by atoms with Crippen LogP contribution in [0.5, 0.6) is 0 Å². The SMILES string of the molecule is CCC1CCCCN1S(=O)(=O)c1ccc(NC(=O)c2ccc(C(C)(C)C)cc2)cc1. The topological polar surface area (TPSA) is 66.5 Å². The van der Waals surface area contributed by atoms with Gasteiger partial charge in [0.1, 0.15) is 0 Å². The van der Waals surface area contributed by atoms with Gasteiger partial charge in [0.25, 0.3) is 5.91 Å². The molecule has 1 aliphatic rings. The number of benzene rings is 2. The summed E-state index contributed by atoms with van der Waals surface area (Å²) < 4.78 is 27.8. The van der Waals surface area contributed by atoms with Crippen LogP contribution in [0, 0.1) is 0 Å². The Hall–Kier alpha value is -2.18. The first-order valence-electron chi connectivity index (χ1n) is 10.7. The van der Waals surface area contributed by atoms with Crippen molar-refractivity contribution >= 4 is 21.6 Å². The van der Waals surface area contributed by atoms with Crippen molar-refractivity contribution in [1.82, 2.24) is 4.31 Å². The molecule has 0 bridgehead atoms. The molecular formula is C24H32N2O3S. The largest absolute Gasteiger partial charge is 0.322 e. The van der Waals surface area contributed by atoms with E-state index in [1.807, 2.05) is 31.2 Å². The van der Waals surface area contributed by atoms with Crippen LogP contribution in [0.15, 0.2) is 53.4 Å². The van der Waals surface area contributed by atoms with Gasteiger partial charge >= 0.3 is 0 Å². The predicted octanol–water partition coefficient (Wildman–Crippen LogP) is 5.19. The monoisotopic (exact) mass is 428 g/mol. The predicted molar refractivity (Wildman–Crippen MR) is 121 cm³/mol. The van der Waals surface area contributed by atoms with Gasteiger partial charge in [-0.1, -0.05) is 46.2 Å². The van der Waals surface area contributed by atoms with Gasteiger partial charge in [0.15, 0.2) is 0 Å². The zero-order valence-corrected chi connectivity index (χ0v) is 19.1. The Morgan fingerprint density at radius 1 is 1.03 bits per heavy atom. The minimum Gasteiger partial charge on any atom is -0.322 e. The minimum atomic E-state index is -3.52. The second kappa shape index (κ2) is 8.90. The Bertz CT molecular complexity index is 975. The molecular weight excluding hydrogens is 396 g/mol. The Kier molecular flexibility index (Phi) is 6.68. The normalized spacial score (nSPS) is 18.2. The zero-order chi connectivity index (χ0) is 21.9. The van der Waals surface area contributed by atoms with Gasteiger partial charge < -0.3 is 5.32 Å². The standard InChI is InChI=1S/C24H32N2O3S/c1-5-21-8-6-7-17-26(21)30(28,29)22-15-13-20(14-16-22)25-23(27)18-9-11-19(12-10-18)24(2,3)4/h9-16,21H,5-8,17H2,1-4H3,(H,25,27). The molecule has 162 valence electrons. The van der Waals surface area contributed by atoms with Crippen molar-refractivity contribution < 1.29 is 13.2 Å². The summed E-state index contributed by atoms with van der Waals surface area (Å²) >= 11 is 0. The van der Waals surface area contributed by atoms with Crippen LogP contribution in [0.2, 0.25) is 0 Å². The average Bonchev–Trinajstić information content (AvgIpc) is 2.73. The second-order valence-corrected chi connectivity index (χ2v) is 10.9. The van der Waals surface area contributed by atoms with Crippen LogP contribution < -0.4 is 5.32 Å². The molecule has 1 saturated heterocycles. The lowest BCUT2D eigenvalue weighted by Crippen LogP contribution is -2.43. The van der Waals surface area contributed by atoms with Crippen molar-refractivity contribution in [3.8, 4) is 0 Å². The number of piperidine rings is 1. The first-order chi connectivity index (χ1) is 14.1. The Labute approximate surface area is 180 Å². The lowest BCUT2D eigenvalue weighted by atomic mass is 9.87. The molecule has 0 spiro atoms. The van der Waals surface area contributed by atoms with Gasteiger partial charge in [0.05, 0.1) is 4.90 Å². The maximum Gasteiger partial charge on any atom is 0.255 e. The summed E-state index contributed by atoms with van der Waals surface area (Å²) in [6.45, 7) is 8.99. The quantitative estimate of drug-likeness (QED) is 0.713. The zero-order valence-electron chi connectivity index (χ0n) is 18.3. The Balaban J connectivity index is 1.72. The maximum absolute atomic E-state index is 13.1. The van der Waals surface area contributed by atoms with Crippen molar-refractivity contribution in [2.75, 3.05) is 11.9 Å². The molecule has 0 radical (unpaired) electrons.